The SMILES string of the molecule is C=C1CC1(C)C(F)/C(=C/F)CC. The Balaban J connectivity index is 2.71. The van der Waals surface area contributed by atoms with Gasteiger partial charge in [0.2, 0.25) is 0 Å². The van der Waals surface area contributed by atoms with Crippen molar-refractivity contribution in [1.82, 2.24) is 0 Å². The molecule has 0 saturated heterocycles. The Bertz CT molecular complexity index is 230. The van der Waals surface area contributed by atoms with Gasteiger partial charge < -0.3 is 0 Å². The molecule has 0 aliphatic heterocycles. The normalized spacial score (nSPS) is 32.0. The standard InChI is InChI=1S/C10H14F2/c1-4-8(6-11)9(12)10(3)5-7(10)2/h6,9H,2,4-5H2,1,3H3/b8-6+. The lowest BCUT2D eigenvalue weighted by atomic mass is 9.94. The number of allylic oxidation sites excluding steroid dienone is 2. The molecule has 1 fully saturated rings. The summed E-state index contributed by atoms with van der Waals surface area (Å²) in [6.07, 6.45) is 0.327. The van der Waals surface area contributed by atoms with Crippen LogP contribution in [0.25, 0.3) is 0 Å². The molecule has 1 aliphatic carbocycles. The molecule has 68 valence electrons. The molecule has 0 spiro atoms. The molecule has 0 amide bonds. The molecule has 12 heavy (non-hydrogen) atoms. The zero-order valence-corrected chi connectivity index (χ0v) is 7.53. The average molecular weight is 172 g/mol. The molecule has 0 aromatic carbocycles. The van der Waals surface area contributed by atoms with E-state index in [2.05, 4.69) is 6.58 Å². The molecule has 1 aliphatic rings. The van der Waals surface area contributed by atoms with E-state index < -0.39 is 11.6 Å². The van der Waals surface area contributed by atoms with Gasteiger partial charge in [-0.15, -0.1) is 0 Å². The Morgan fingerprint density at radius 3 is 2.58 bits per heavy atom. The Morgan fingerprint density at radius 2 is 2.33 bits per heavy atom. The van der Waals surface area contributed by atoms with Gasteiger partial charge in [0.05, 0.1) is 6.33 Å². The molecule has 2 unspecified atom stereocenters. The minimum absolute atomic E-state index is 0.246. The van der Waals surface area contributed by atoms with Crippen LogP contribution in [0.1, 0.15) is 26.7 Å². The summed E-state index contributed by atoms with van der Waals surface area (Å²) in [7, 11) is 0. The van der Waals surface area contributed by atoms with E-state index in [1.807, 2.05) is 0 Å². The first-order chi connectivity index (χ1) is 5.56. The molecule has 1 rings (SSSR count). The fourth-order valence-corrected chi connectivity index (χ4v) is 1.39. The highest BCUT2D eigenvalue weighted by molar-refractivity contribution is 5.34. The van der Waals surface area contributed by atoms with E-state index in [4.69, 9.17) is 0 Å². The van der Waals surface area contributed by atoms with Crippen molar-refractivity contribution in [2.45, 2.75) is 32.9 Å². The first-order valence-corrected chi connectivity index (χ1v) is 4.17. The molecule has 1 saturated carbocycles. The Morgan fingerprint density at radius 1 is 1.83 bits per heavy atom. The lowest BCUT2D eigenvalue weighted by Gasteiger charge is -2.15. The second-order valence-corrected chi connectivity index (χ2v) is 3.60. The van der Waals surface area contributed by atoms with Gasteiger partial charge in [-0.2, -0.15) is 0 Å². The Kier molecular flexibility index (Phi) is 2.36. The summed E-state index contributed by atoms with van der Waals surface area (Å²) in [5.74, 6) is 0. The summed E-state index contributed by atoms with van der Waals surface area (Å²) in [5.41, 5.74) is 0.660. The molecule has 0 N–H and O–H groups in total. The van der Waals surface area contributed by atoms with Gasteiger partial charge in [0.15, 0.2) is 0 Å². The van der Waals surface area contributed by atoms with Crippen LogP contribution >= 0.6 is 0 Å². The van der Waals surface area contributed by atoms with E-state index in [0.29, 0.717) is 19.2 Å². The quantitative estimate of drug-likeness (QED) is 0.571. The molecule has 0 aromatic heterocycles. The summed E-state index contributed by atoms with van der Waals surface area (Å²) < 4.78 is 25.7. The highest BCUT2D eigenvalue weighted by Crippen LogP contribution is 2.56. The molecule has 0 radical (unpaired) electrons. The molecule has 0 aromatic rings. The Hall–Kier alpha value is -0.660. The van der Waals surface area contributed by atoms with Crippen LogP contribution in [0, 0.1) is 5.41 Å². The van der Waals surface area contributed by atoms with Crippen LogP contribution in [0.3, 0.4) is 0 Å². The second kappa shape index (κ2) is 3.00. The first kappa shape index (κ1) is 9.43. The maximum atomic E-state index is 13.5. The summed E-state index contributed by atoms with van der Waals surface area (Å²) in [6, 6.07) is 0. The van der Waals surface area contributed by atoms with Crippen molar-refractivity contribution in [2.75, 3.05) is 0 Å². The van der Waals surface area contributed by atoms with Gasteiger partial charge >= 0.3 is 0 Å². The van der Waals surface area contributed by atoms with Crippen molar-refractivity contribution < 1.29 is 8.78 Å². The fraction of sp³-hybridized carbons (Fsp3) is 0.600. The van der Waals surface area contributed by atoms with E-state index in [0.717, 1.165) is 5.57 Å². The number of rotatable bonds is 3. The second-order valence-electron chi connectivity index (χ2n) is 3.60. The zero-order valence-electron chi connectivity index (χ0n) is 7.53. The van der Waals surface area contributed by atoms with Gasteiger partial charge in [0.25, 0.3) is 0 Å². The smallest absolute Gasteiger partial charge is 0.133 e. The van der Waals surface area contributed by atoms with Crippen molar-refractivity contribution in [3.63, 3.8) is 0 Å². The summed E-state index contributed by atoms with van der Waals surface area (Å²) in [6.45, 7) is 7.25. The third-order valence-electron chi connectivity index (χ3n) is 2.70. The third-order valence-corrected chi connectivity index (χ3v) is 2.70. The summed E-state index contributed by atoms with van der Waals surface area (Å²) in [4.78, 5) is 0. The van der Waals surface area contributed by atoms with E-state index >= 15 is 0 Å². The molecule has 2 atom stereocenters. The molecular weight excluding hydrogens is 158 g/mol. The van der Waals surface area contributed by atoms with Crippen LogP contribution in [-0.2, 0) is 0 Å². The number of hydrogen-bond acceptors (Lipinski definition) is 0. The maximum Gasteiger partial charge on any atom is 0.133 e. The largest absolute Gasteiger partial charge is 0.242 e. The van der Waals surface area contributed by atoms with E-state index in [1.165, 1.54) is 0 Å². The molecule has 0 bridgehead atoms. The van der Waals surface area contributed by atoms with E-state index in [1.54, 1.807) is 13.8 Å². The lowest BCUT2D eigenvalue weighted by Crippen LogP contribution is -2.16. The number of alkyl halides is 1. The van der Waals surface area contributed by atoms with Crippen LogP contribution < -0.4 is 0 Å². The summed E-state index contributed by atoms with van der Waals surface area (Å²) in [5, 5.41) is 0. The van der Waals surface area contributed by atoms with Crippen LogP contribution in [0.15, 0.2) is 24.1 Å². The van der Waals surface area contributed by atoms with Crippen LogP contribution in [-0.4, -0.2) is 6.17 Å². The minimum Gasteiger partial charge on any atom is -0.242 e. The summed E-state index contributed by atoms with van der Waals surface area (Å²) >= 11 is 0. The van der Waals surface area contributed by atoms with Crippen molar-refractivity contribution in [3.05, 3.63) is 24.1 Å². The van der Waals surface area contributed by atoms with Crippen LogP contribution in [0.2, 0.25) is 0 Å². The van der Waals surface area contributed by atoms with Gasteiger partial charge in [-0.05, 0) is 18.4 Å². The predicted molar refractivity (Wildman–Crippen MR) is 46.2 cm³/mol. The highest BCUT2D eigenvalue weighted by atomic mass is 19.1. The average Bonchev–Trinajstić information content (AvgIpc) is 2.64. The highest BCUT2D eigenvalue weighted by Gasteiger charge is 2.50. The van der Waals surface area contributed by atoms with Crippen molar-refractivity contribution in [3.8, 4) is 0 Å². The first-order valence-electron chi connectivity index (χ1n) is 4.17. The van der Waals surface area contributed by atoms with Crippen molar-refractivity contribution in [1.29, 1.82) is 0 Å². The molecular formula is C10H14F2. The van der Waals surface area contributed by atoms with Gasteiger partial charge in [-0.3, -0.25) is 0 Å². The van der Waals surface area contributed by atoms with Gasteiger partial charge in [0, 0.05) is 5.41 Å². The van der Waals surface area contributed by atoms with Crippen molar-refractivity contribution >= 4 is 0 Å². The Labute approximate surface area is 72.0 Å². The monoisotopic (exact) mass is 172 g/mol. The fourth-order valence-electron chi connectivity index (χ4n) is 1.39. The van der Waals surface area contributed by atoms with E-state index in [9.17, 15) is 8.78 Å². The number of hydrogen-bond donors (Lipinski definition) is 0. The van der Waals surface area contributed by atoms with Crippen molar-refractivity contribution in [2.24, 2.45) is 5.41 Å². The maximum absolute atomic E-state index is 13.5. The van der Waals surface area contributed by atoms with E-state index in [-0.39, 0.29) is 5.57 Å². The predicted octanol–water partition coefficient (Wildman–Crippen LogP) is 3.55. The zero-order chi connectivity index (χ0) is 9.35. The van der Waals surface area contributed by atoms with Crippen LogP contribution in [0.4, 0.5) is 8.78 Å². The minimum atomic E-state index is -1.18. The van der Waals surface area contributed by atoms with Gasteiger partial charge in [0.1, 0.15) is 6.17 Å². The third kappa shape index (κ3) is 1.30. The lowest BCUT2D eigenvalue weighted by molar-refractivity contribution is 0.268. The number of halogens is 2. The molecule has 0 heterocycles. The van der Waals surface area contributed by atoms with Crippen LogP contribution in [0.5, 0.6) is 0 Å². The van der Waals surface area contributed by atoms with Gasteiger partial charge in [-0.25, -0.2) is 8.78 Å². The molecule has 0 nitrogen and oxygen atoms in total. The topological polar surface area (TPSA) is 0 Å². The van der Waals surface area contributed by atoms with Gasteiger partial charge in [-0.1, -0.05) is 26.0 Å². The molecule has 2 heteroatoms.